The Morgan fingerprint density at radius 3 is 1.42 bits per heavy atom. The third kappa shape index (κ3) is 12.5. The van der Waals surface area contributed by atoms with Crippen LogP contribution in [0.15, 0.2) is 0 Å². The first kappa shape index (κ1) is 14.4. The van der Waals surface area contributed by atoms with Gasteiger partial charge in [0.25, 0.3) is 0 Å². The SMILES string of the molecule is CC(O)(CO)CO.CCOCC. The van der Waals surface area contributed by atoms with Crippen LogP contribution in [0.25, 0.3) is 0 Å². The number of aliphatic hydroxyl groups is 3. The highest BCUT2D eigenvalue weighted by atomic mass is 16.5. The van der Waals surface area contributed by atoms with Crippen molar-refractivity contribution < 1.29 is 20.1 Å². The largest absolute Gasteiger partial charge is 0.393 e. The summed E-state index contributed by atoms with van der Waals surface area (Å²) in [5.41, 5.74) is -1.31. The lowest BCUT2D eigenvalue weighted by atomic mass is 10.1. The van der Waals surface area contributed by atoms with Crippen molar-refractivity contribution in [1.29, 1.82) is 0 Å². The van der Waals surface area contributed by atoms with Crippen molar-refractivity contribution in [3.8, 4) is 0 Å². The Morgan fingerprint density at radius 2 is 1.42 bits per heavy atom. The van der Waals surface area contributed by atoms with Crippen molar-refractivity contribution in [1.82, 2.24) is 0 Å². The standard InChI is InChI=1S/C4H10O3.C4H10O/c1-4(7,2-5)3-6;1-3-5-4-2/h5-7H,2-3H2,1H3;3-4H2,1-2H3. The van der Waals surface area contributed by atoms with Gasteiger partial charge in [-0.15, -0.1) is 0 Å². The van der Waals surface area contributed by atoms with Gasteiger partial charge in [0.05, 0.1) is 13.2 Å². The fourth-order valence-electron chi connectivity index (χ4n) is 0.254. The summed E-state index contributed by atoms with van der Waals surface area (Å²) in [4.78, 5) is 0. The van der Waals surface area contributed by atoms with Gasteiger partial charge < -0.3 is 20.1 Å². The zero-order valence-corrected chi connectivity index (χ0v) is 8.08. The molecule has 3 N–H and O–H groups in total. The van der Waals surface area contributed by atoms with Gasteiger partial charge in [-0.05, 0) is 20.8 Å². The molecule has 0 bridgehead atoms. The quantitative estimate of drug-likeness (QED) is 0.558. The average Bonchev–Trinajstić information content (AvgIpc) is 2.07. The molecule has 0 spiro atoms. The Labute approximate surface area is 73.8 Å². The van der Waals surface area contributed by atoms with Crippen LogP contribution < -0.4 is 0 Å². The number of ether oxygens (including phenoxy) is 1. The minimum Gasteiger partial charge on any atom is -0.393 e. The van der Waals surface area contributed by atoms with Gasteiger partial charge in [-0.1, -0.05) is 0 Å². The van der Waals surface area contributed by atoms with Crippen molar-refractivity contribution in [3.05, 3.63) is 0 Å². The lowest BCUT2D eigenvalue weighted by molar-refractivity contribution is -0.0399. The molecule has 4 heteroatoms. The van der Waals surface area contributed by atoms with E-state index in [9.17, 15) is 0 Å². The molecule has 0 fully saturated rings. The second-order valence-corrected chi connectivity index (χ2v) is 2.59. The molecule has 76 valence electrons. The fraction of sp³-hybridized carbons (Fsp3) is 1.00. The van der Waals surface area contributed by atoms with Crippen LogP contribution in [0.3, 0.4) is 0 Å². The van der Waals surface area contributed by atoms with Gasteiger partial charge in [0.2, 0.25) is 0 Å². The summed E-state index contributed by atoms with van der Waals surface area (Å²) in [6.45, 7) is 6.22. The Bertz CT molecular complexity index is 75.1. The molecule has 0 saturated heterocycles. The zero-order chi connectivity index (χ0) is 10.0. The molecule has 0 aromatic carbocycles. The number of rotatable bonds is 4. The van der Waals surface area contributed by atoms with Crippen molar-refractivity contribution in [2.75, 3.05) is 26.4 Å². The summed E-state index contributed by atoms with van der Waals surface area (Å²) in [5, 5.41) is 25.0. The predicted octanol–water partition coefficient (Wildman–Crippen LogP) is -0.235. The summed E-state index contributed by atoms with van der Waals surface area (Å²) in [6.07, 6.45) is 0. The molecule has 0 aromatic heterocycles. The number of hydrogen-bond donors (Lipinski definition) is 3. The molecule has 0 aliphatic rings. The Balaban J connectivity index is 0. The maximum absolute atomic E-state index is 8.63. The molecule has 0 unspecified atom stereocenters. The maximum atomic E-state index is 8.63. The topological polar surface area (TPSA) is 69.9 Å². The second-order valence-electron chi connectivity index (χ2n) is 2.59. The highest BCUT2D eigenvalue weighted by Gasteiger charge is 2.15. The highest BCUT2D eigenvalue weighted by Crippen LogP contribution is 1.96. The Hall–Kier alpha value is -0.160. The average molecular weight is 180 g/mol. The first-order valence-electron chi connectivity index (χ1n) is 4.05. The number of aliphatic hydroxyl groups excluding tert-OH is 2. The minimum atomic E-state index is -1.31. The molecule has 0 radical (unpaired) electrons. The monoisotopic (exact) mass is 180 g/mol. The molecule has 0 amide bonds. The smallest absolute Gasteiger partial charge is 0.108 e. The molecule has 0 aromatic rings. The molecule has 0 heterocycles. The van der Waals surface area contributed by atoms with E-state index < -0.39 is 18.8 Å². The third-order valence-electron chi connectivity index (χ3n) is 1.09. The van der Waals surface area contributed by atoms with Gasteiger partial charge in [0, 0.05) is 13.2 Å². The van der Waals surface area contributed by atoms with Crippen LogP contribution in [0.4, 0.5) is 0 Å². The van der Waals surface area contributed by atoms with Gasteiger partial charge in [-0.25, -0.2) is 0 Å². The maximum Gasteiger partial charge on any atom is 0.108 e. The number of hydrogen-bond acceptors (Lipinski definition) is 4. The Kier molecular flexibility index (Phi) is 10.7. The molecular weight excluding hydrogens is 160 g/mol. The van der Waals surface area contributed by atoms with Crippen LogP contribution in [0.5, 0.6) is 0 Å². The van der Waals surface area contributed by atoms with Crippen molar-refractivity contribution in [2.45, 2.75) is 26.4 Å². The van der Waals surface area contributed by atoms with E-state index in [4.69, 9.17) is 20.1 Å². The van der Waals surface area contributed by atoms with E-state index >= 15 is 0 Å². The summed E-state index contributed by atoms with van der Waals surface area (Å²) in [6, 6.07) is 0. The summed E-state index contributed by atoms with van der Waals surface area (Å²) < 4.78 is 4.83. The predicted molar refractivity (Wildman–Crippen MR) is 47.0 cm³/mol. The summed E-state index contributed by atoms with van der Waals surface area (Å²) in [5.74, 6) is 0. The van der Waals surface area contributed by atoms with E-state index in [-0.39, 0.29) is 0 Å². The molecule has 4 nitrogen and oxygen atoms in total. The van der Waals surface area contributed by atoms with Gasteiger partial charge in [-0.2, -0.15) is 0 Å². The third-order valence-corrected chi connectivity index (χ3v) is 1.09. The summed E-state index contributed by atoms with van der Waals surface area (Å²) >= 11 is 0. The van der Waals surface area contributed by atoms with E-state index in [1.54, 1.807) is 0 Å². The lowest BCUT2D eigenvalue weighted by Crippen LogP contribution is -2.33. The van der Waals surface area contributed by atoms with E-state index in [0.717, 1.165) is 13.2 Å². The van der Waals surface area contributed by atoms with Gasteiger partial charge in [0.15, 0.2) is 0 Å². The van der Waals surface area contributed by atoms with E-state index in [1.807, 2.05) is 13.8 Å². The molecule has 0 rings (SSSR count). The molecule has 0 saturated carbocycles. The van der Waals surface area contributed by atoms with Crippen molar-refractivity contribution in [2.24, 2.45) is 0 Å². The van der Waals surface area contributed by atoms with Crippen molar-refractivity contribution >= 4 is 0 Å². The minimum absolute atomic E-state index is 0.399. The Morgan fingerprint density at radius 1 is 1.08 bits per heavy atom. The molecule has 0 atom stereocenters. The molecular formula is C8H20O4. The fourth-order valence-corrected chi connectivity index (χ4v) is 0.254. The molecule has 12 heavy (non-hydrogen) atoms. The van der Waals surface area contributed by atoms with E-state index in [2.05, 4.69) is 0 Å². The van der Waals surface area contributed by atoms with Gasteiger partial charge in [-0.3, -0.25) is 0 Å². The summed E-state index contributed by atoms with van der Waals surface area (Å²) in [7, 11) is 0. The second kappa shape index (κ2) is 8.93. The van der Waals surface area contributed by atoms with E-state index in [1.165, 1.54) is 6.92 Å². The lowest BCUT2D eigenvalue weighted by Gasteiger charge is -2.14. The normalized spacial score (nSPS) is 10.5. The molecule has 0 aliphatic carbocycles. The van der Waals surface area contributed by atoms with Crippen LogP contribution in [-0.2, 0) is 4.74 Å². The highest BCUT2D eigenvalue weighted by molar-refractivity contribution is 4.67. The zero-order valence-electron chi connectivity index (χ0n) is 8.08. The van der Waals surface area contributed by atoms with Crippen LogP contribution in [0.2, 0.25) is 0 Å². The van der Waals surface area contributed by atoms with Gasteiger partial charge in [0.1, 0.15) is 5.60 Å². The first-order valence-corrected chi connectivity index (χ1v) is 4.05. The van der Waals surface area contributed by atoms with E-state index in [0.29, 0.717) is 0 Å². The molecule has 0 aliphatic heterocycles. The van der Waals surface area contributed by atoms with Gasteiger partial charge >= 0.3 is 0 Å². The first-order chi connectivity index (χ1) is 5.54. The van der Waals surface area contributed by atoms with Crippen LogP contribution in [-0.4, -0.2) is 47.3 Å². The van der Waals surface area contributed by atoms with Crippen LogP contribution in [0.1, 0.15) is 20.8 Å². The van der Waals surface area contributed by atoms with Crippen molar-refractivity contribution in [3.63, 3.8) is 0 Å². The van der Waals surface area contributed by atoms with Crippen LogP contribution >= 0.6 is 0 Å². The van der Waals surface area contributed by atoms with Crippen LogP contribution in [0, 0.1) is 0 Å².